The summed E-state index contributed by atoms with van der Waals surface area (Å²) in [6.45, 7) is 0.219. The molecule has 102 valence electrons. The molecule has 0 spiro atoms. The largest absolute Gasteiger partial charge is 0.485 e. The molecule has 0 fully saturated rings. The van der Waals surface area contributed by atoms with E-state index >= 15 is 0 Å². The van der Waals surface area contributed by atoms with E-state index < -0.39 is 0 Å². The predicted octanol–water partition coefficient (Wildman–Crippen LogP) is 2.11. The van der Waals surface area contributed by atoms with Crippen LogP contribution in [0.5, 0.6) is 5.75 Å². The molecule has 0 saturated carbocycles. The van der Waals surface area contributed by atoms with Crippen LogP contribution in [0, 0.1) is 11.3 Å². The first-order chi connectivity index (χ1) is 10.4. The van der Waals surface area contributed by atoms with E-state index in [1.54, 1.807) is 28.9 Å². The van der Waals surface area contributed by atoms with E-state index in [1.807, 2.05) is 30.3 Å². The molecule has 0 aliphatic heterocycles. The van der Waals surface area contributed by atoms with E-state index in [9.17, 15) is 0 Å². The van der Waals surface area contributed by atoms with Gasteiger partial charge in [0.2, 0.25) is 0 Å². The molecule has 1 aromatic heterocycles. The quantitative estimate of drug-likeness (QED) is 0.730. The minimum Gasteiger partial charge on any atom is -0.485 e. The SMILES string of the molecule is N#Cc1cccc(OCc2nnnn2-c2ccccc2)c1. The molecule has 0 aliphatic rings. The Morgan fingerprint density at radius 2 is 1.95 bits per heavy atom. The molecule has 1 heterocycles. The van der Waals surface area contributed by atoms with Crippen molar-refractivity contribution in [2.24, 2.45) is 0 Å². The molecule has 6 heteroatoms. The number of nitriles is 1. The lowest BCUT2D eigenvalue weighted by Gasteiger charge is -2.07. The van der Waals surface area contributed by atoms with Crippen molar-refractivity contribution < 1.29 is 4.74 Å². The van der Waals surface area contributed by atoms with Crippen LogP contribution in [0.4, 0.5) is 0 Å². The Labute approximate surface area is 121 Å². The maximum Gasteiger partial charge on any atom is 0.194 e. The van der Waals surface area contributed by atoms with Crippen LogP contribution in [-0.4, -0.2) is 20.2 Å². The van der Waals surface area contributed by atoms with E-state index in [1.165, 1.54) is 0 Å². The zero-order chi connectivity index (χ0) is 14.5. The van der Waals surface area contributed by atoms with Crippen molar-refractivity contribution in [3.8, 4) is 17.5 Å². The minimum absolute atomic E-state index is 0.219. The molecule has 0 atom stereocenters. The Kier molecular flexibility index (Phi) is 3.56. The summed E-state index contributed by atoms with van der Waals surface area (Å²) in [4.78, 5) is 0. The highest BCUT2D eigenvalue weighted by Gasteiger charge is 2.08. The highest BCUT2D eigenvalue weighted by atomic mass is 16.5. The van der Waals surface area contributed by atoms with Gasteiger partial charge in [-0.15, -0.1) is 5.10 Å². The van der Waals surface area contributed by atoms with E-state index in [4.69, 9.17) is 10.00 Å². The van der Waals surface area contributed by atoms with Gasteiger partial charge in [-0.3, -0.25) is 0 Å². The number of ether oxygens (including phenoxy) is 1. The van der Waals surface area contributed by atoms with Gasteiger partial charge < -0.3 is 4.74 Å². The number of nitrogens with zero attached hydrogens (tertiary/aromatic N) is 5. The van der Waals surface area contributed by atoms with Crippen molar-refractivity contribution >= 4 is 0 Å². The molecule has 3 rings (SSSR count). The zero-order valence-corrected chi connectivity index (χ0v) is 11.0. The number of benzene rings is 2. The van der Waals surface area contributed by atoms with Crippen LogP contribution >= 0.6 is 0 Å². The average Bonchev–Trinajstić information content (AvgIpc) is 3.02. The summed E-state index contributed by atoms with van der Waals surface area (Å²) in [7, 11) is 0. The van der Waals surface area contributed by atoms with Gasteiger partial charge in [-0.2, -0.15) is 9.94 Å². The summed E-state index contributed by atoms with van der Waals surface area (Å²) < 4.78 is 7.26. The fourth-order valence-corrected chi connectivity index (χ4v) is 1.87. The van der Waals surface area contributed by atoms with Crippen LogP contribution in [-0.2, 0) is 6.61 Å². The van der Waals surface area contributed by atoms with Crippen molar-refractivity contribution in [2.45, 2.75) is 6.61 Å². The monoisotopic (exact) mass is 277 g/mol. The minimum atomic E-state index is 0.219. The van der Waals surface area contributed by atoms with Gasteiger partial charge in [0.25, 0.3) is 0 Å². The Balaban J connectivity index is 1.78. The van der Waals surface area contributed by atoms with Gasteiger partial charge >= 0.3 is 0 Å². The van der Waals surface area contributed by atoms with Gasteiger partial charge in [0.1, 0.15) is 12.4 Å². The van der Waals surface area contributed by atoms with E-state index in [2.05, 4.69) is 21.6 Å². The van der Waals surface area contributed by atoms with E-state index in [-0.39, 0.29) is 6.61 Å². The second kappa shape index (κ2) is 5.84. The Hall–Kier alpha value is -3.20. The summed E-state index contributed by atoms with van der Waals surface area (Å²) >= 11 is 0. The zero-order valence-electron chi connectivity index (χ0n) is 11.0. The Morgan fingerprint density at radius 1 is 1.10 bits per heavy atom. The third-order valence-electron chi connectivity index (χ3n) is 2.87. The summed E-state index contributed by atoms with van der Waals surface area (Å²) in [6, 6.07) is 18.6. The molecule has 0 saturated heterocycles. The fraction of sp³-hybridized carbons (Fsp3) is 0.0667. The maximum atomic E-state index is 8.87. The summed E-state index contributed by atoms with van der Waals surface area (Å²) in [5.74, 6) is 1.19. The lowest BCUT2D eigenvalue weighted by molar-refractivity contribution is 0.292. The van der Waals surface area contributed by atoms with Crippen LogP contribution in [0.3, 0.4) is 0 Å². The van der Waals surface area contributed by atoms with Gasteiger partial charge in [0, 0.05) is 0 Å². The molecule has 0 radical (unpaired) electrons. The van der Waals surface area contributed by atoms with Crippen molar-refractivity contribution in [2.75, 3.05) is 0 Å². The number of rotatable bonds is 4. The second-order valence-corrected chi connectivity index (χ2v) is 4.27. The number of para-hydroxylation sites is 1. The Morgan fingerprint density at radius 3 is 2.76 bits per heavy atom. The fourth-order valence-electron chi connectivity index (χ4n) is 1.87. The van der Waals surface area contributed by atoms with Crippen molar-refractivity contribution in [3.05, 3.63) is 66.0 Å². The smallest absolute Gasteiger partial charge is 0.194 e. The highest BCUT2D eigenvalue weighted by molar-refractivity contribution is 5.36. The maximum absolute atomic E-state index is 8.87. The number of hydrogen-bond donors (Lipinski definition) is 0. The molecular formula is C15H11N5O. The number of tetrazole rings is 1. The predicted molar refractivity (Wildman–Crippen MR) is 74.6 cm³/mol. The molecule has 3 aromatic rings. The van der Waals surface area contributed by atoms with Gasteiger partial charge in [0.05, 0.1) is 17.3 Å². The van der Waals surface area contributed by atoms with Gasteiger partial charge in [0.15, 0.2) is 5.82 Å². The summed E-state index contributed by atoms with van der Waals surface area (Å²) in [5, 5.41) is 20.5. The molecule has 0 N–H and O–H groups in total. The summed E-state index contributed by atoms with van der Waals surface area (Å²) in [5.41, 5.74) is 1.42. The molecule has 21 heavy (non-hydrogen) atoms. The first kappa shape index (κ1) is 12.8. The van der Waals surface area contributed by atoms with Crippen LogP contribution in [0.2, 0.25) is 0 Å². The average molecular weight is 277 g/mol. The van der Waals surface area contributed by atoms with Gasteiger partial charge in [-0.25, -0.2) is 0 Å². The first-order valence-electron chi connectivity index (χ1n) is 6.32. The normalized spacial score (nSPS) is 10.0. The van der Waals surface area contributed by atoms with Crippen LogP contribution in [0.25, 0.3) is 5.69 Å². The first-order valence-corrected chi connectivity index (χ1v) is 6.32. The van der Waals surface area contributed by atoms with Crippen LogP contribution < -0.4 is 4.74 Å². The van der Waals surface area contributed by atoms with E-state index in [0.717, 1.165) is 5.69 Å². The molecule has 0 amide bonds. The van der Waals surface area contributed by atoms with Crippen molar-refractivity contribution in [1.82, 2.24) is 20.2 Å². The molecule has 0 bridgehead atoms. The summed E-state index contributed by atoms with van der Waals surface area (Å²) in [6.07, 6.45) is 0. The van der Waals surface area contributed by atoms with Crippen molar-refractivity contribution in [1.29, 1.82) is 5.26 Å². The lowest BCUT2D eigenvalue weighted by Crippen LogP contribution is -2.06. The molecule has 0 unspecified atom stereocenters. The molecule has 2 aromatic carbocycles. The third kappa shape index (κ3) is 2.87. The Bertz CT molecular complexity index is 776. The number of aromatic nitrogens is 4. The third-order valence-corrected chi connectivity index (χ3v) is 2.87. The van der Waals surface area contributed by atoms with Crippen LogP contribution in [0.15, 0.2) is 54.6 Å². The van der Waals surface area contributed by atoms with E-state index in [0.29, 0.717) is 17.1 Å². The molecule has 6 nitrogen and oxygen atoms in total. The number of hydrogen-bond acceptors (Lipinski definition) is 5. The topological polar surface area (TPSA) is 76.6 Å². The second-order valence-electron chi connectivity index (χ2n) is 4.27. The van der Waals surface area contributed by atoms with Crippen molar-refractivity contribution in [3.63, 3.8) is 0 Å². The van der Waals surface area contributed by atoms with Gasteiger partial charge in [-0.1, -0.05) is 24.3 Å². The molecular weight excluding hydrogens is 266 g/mol. The van der Waals surface area contributed by atoms with Gasteiger partial charge in [-0.05, 0) is 40.8 Å². The highest BCUT2D eigenvalue weighted by Crippen LogP contribution is 2.15. The van der Waals surface area contributed by atoms with Crippen LogP contribution in [0.1, 0.15) is 11.4 Å². The molecule has 0 aliphatic carbocycles. The lowest BCUT2D eigenvalue weighted by atomic mass is 10.2. The standard InChI is InChI=1S/C15H11N5O/c16-10-12-5-4-8-14(9-12)21-11-15-17-18-19-20(15)13-6-2-1-3-7-13/h1-9H,11H2.